The van der Waals surface area contributed by atoms with Gasteiger partial charge in [-0.05, 0) is 43.0 Å². The minimum Gasteiger partial charge on any atom is -0.326 e. The van der Waals surface area contributed by atoms with Crippen LogP contribution < -0.4 is 5.32 Å². The second-order valence-corrected chi connectivity index (χ2v) is 7.51. The molecule has 4 heteroatoms. The Morgan fingerprint density at radius 3 is 2.43 bits per heavy atom. The molecule has 0 aliphatic heterocycles. The molecule has 1 aliphatic carbocycles. The maximum absolute atomic E-state index is 12.1. The number of alkyl halides is 1. The fraction of sp³-hybridized carbons (Fsp3) is 0.579. The highest BCUT2D eigenvalue weighted by atomic mass is 79.9. The van der Waals surface area contributed by atoms with Gasteiger partial charge in [0.2, 0.25) is 5.91 Å². The molecule has 1 saturated carbocycles. The van der Waals surface area contributed by atoms with E-state index in [0.29, 0.717) is 12.0 Å². The smallest absolute Gasteiger partial charge is 0.224 e. The quantitative estimate of drug-likeness (QED) is 0.513. The topological polar surface area (TPSA) is 46.2 Å². The third-order valence-electron chi connectivity index (χ3n) is 4.60. The number of halogens is 1. The van der Waals surface area contributed by atoms with Crippen molar-refractivity contribution < 1.29 is 9.59 Å². The molecule has 1 aliphatic rings. The van der Waals surface area contributed by atoms with Gasteiger partial charge >= 0.3 is 0 Å². The predicted octanol–water partition coefficient (Wildman–Crippen LogP) is 5.34. The molecule has 126 valence electrons. The molecule has 1 unspecified atom stereocenters. The van der Waals surface area contributed by atoms with Crippen molar-refractivity contribution in [1.82, 2.24) is 0 Å². The summed E-state index contributed by atoms with van der Waals surface area (Å²) < 4.78 is 0. The molecule has 0 heterocycles. The third kappa shape index (κ3) is 5.76. The van der Waals surface area contributed by atoms with Crippen molar-refractivity contribution in [3.8, 4) is 0 Å². The van der Waals surface area contributed by atoms with Crippen LogP contribution in [0, 0.1) is 5.92 Å². The van der Waals surface area contributed by atoms with Gasteiger partial charge in [0.1, 0.15) is 0 Å². The summed E-state index contributed by atoms with van der Waals surface area (Å²) in [4.78, 5) is 24.0. The van der Waals surface area contributed by atoms with Gasteiger partial charge in [-0.15, -0.1) is 0 Å². The molecule has 3 nitrogen and oxygen atoms in total. The van der Waals surface area contributed by atoms with Crippen LogP contribution in [0.3, 0.4) is 0 Å². The van der Waals surface area contributed by atoms with E-state index in [1.54, 1.807) is 24.3 Å². The van der Waals surface area contributed by atoms with E-state index in [2.05, 4.69) is 21.2 Å². The number of Topliss-reactive ketones (excluding diaryl/α,β-unsaturated/α-hetero) is 1. The lowest BCUT2D eigenvalue weighted by Crippen LogP contribution is -2.15. The van der Waals surface area contributed by atoms with E-state index in [9.17, 15) is 9.59 Å². The van der Waals surface area contributed by atoms with Crippen molar-refractivity contribution in [2.24, 2.45) is 5.92 Å². The Hall–Kier alpha value is -1.16. The molecular formula is C19H26BrNO2. The fourth-order valence-electron chi connectivity index (χ4n) is 3.12. The van der Waals surface area contributed by atoms with Crippen molar-refractivity contribution in [2.45, 2.75) is 63.1 Å². The van der Waals surface area contributed by atoms with E-state index in [1.807, 2.05) is 6.92 Å². The highest BCUT2D eigenvalue weighted by molar-refractivity contribution is 9.10. The zero-order valence-electron chi connectivity index (χ0n) is 13.8. The number of amides is 1. The largest absolute Gasteiger partial charge is 0.326 e. The summed E-state index contributed by atoms with van der Waals surface area (Å²) in [5, 5.41) is 2.93. The average molecular weight is 380 g/mol. The van der Waals surface area contributed by atoms with E-state index in [-0.39, 0.29) is 16.5 Å². The van der Waals surface area contributed by atoms with Crippen molar-refractivity contribution in [3.05, 3.63) is 29.8 Å². The number of nitrogens with one attached hydrogen (secondary N) is 1. The van der Waals surface area contributed by atoms with Crippen LogP contribution in [-0.2, 0) is 4.79 Å². The van der Waals surface area contributed by atoms with Crippen LogP contribution in [0.15, 0.2) is 24.3 Å². The Morgan fingerprint density at radius 2 is 1.83 bits per heavy atom. The van der Waals surface area contributed by atoms with Crippen molar-refractivity contribution in [3.63, 3.8) is 0 Å². The normalized spacial score (nSPS) is 16.8. The minimum atomic E-state index is -0.140. The van der Waals surface area contributed by atoms with E-state index in [1.165, 1.54) is 32.1 Å². The zero-order chi connectivity index (χ0) is 16.7. The van der Waals surface area contributed by atoms with Crippen LogP contribution in [0.4, 0.5) is 5.69 Å². The Balaban J connectivity index is 1.80. The van der Waals surface area contributed by atoms with E-state index >= 15 is 0 Å². The molecule has 1 aromatic rings. The average Bonchev–Trinajstić information content (AvgIpc) is 2.60. The summed E-state index contributed by atoms with van der Waals surface area (Å²) in [5.74, 6) is 0.878. The standard InChI is InChI=1S/C19H26BrNO2/c1-2-17(20)19(23)15-9-11-16(12-10-15)21-18(22)13-8-14-6-4-3-5-7-14/h9-12,14,17H,2-8,13H2,1H3,(H,21,22). The van der Waals surface area contributed by atoms with Gasteiger partial charge in [-0.1, -0.05) is 55.0 Å². The Morgan fingerprint density at radius 1 is 1.17 bits per heavy atom. The molecular weight excluding hydrogens is 354 g/mol. The second kappa shape index (κ2) is 9.21. The number of carbonyl (C=O) groups is 2. The monoisotopic (exact) mass is 379 g/mol. The predicted molar refractivity (Wildman–Crippen MR) is 98.2 cm³/mol. The van der Waals surface area contributed by atoms with Crippen molar-refractivity contribution >= 4 is 33.3 Å². The molecule has 0 saturated heterocycles. The Bertz CT molecular complexity index is 521. The first-order valence-electron chi connectivity index (χ1n) is 8.68. The summed E-state index contributed by atoms with van der Waals surface area (Å²) >= 11 is 3.38. The zero-order valence-corrected chi connectivity index (χ0v) is 15.4. The molecule has 1 atom stereocenters. The Kier molecular flexibility index (Phi) is 7.28. The highest BCUT2D eigenvalue weighted by Crippen LogP contribution is 2.27. The maximum Gasteiger partial charge on any atom is 0.224 e. The van der Waals surface area contributed by atoms with Gasteiger partial charge in [0.05, 0.1) is 4.83 Å². The molecule has 23 heavy (non-hydrogen) atoms. The lowest BCUT2D eigenvalue weighted by molar-refractivity contribution is -0.116. The van der Waals surface area contributed by atoms with Crippen LogP contribution >= 0.6 is 15.9 Å². The number of benzene rings is 1. The summed E-state index contributed by atoms with van der Waals surface area (Å²) in [6.07, 6.45) is 8.86. The number of ketones is 1. The van der Waals surface area contributed by atoms with E-state index in [0.717, 1.165) is 24.4 Å². The van der Waals surface area contributed by atoms with Crippen LogP contribution in [0.2, 0.25) is 0 Å². The molecule has 2 rings (SSSR count). The number of hydrogen-bond acceptors (Lipinski definition) is 2. The molecule has 0 aromatic heterocycles. The summed E-state index contributed by atoms with van der Waals surface area (Å²) in [6, 6.07) is 7.17. The lowest BCUT2D eigenvalue weighted by atomic mass is 9.86. The van der Waals surface area contributed by atoms with Gasteiger partial charge in [0.25, 0.3) is 0 Å². The molecule has 0 radical (unpaired) electrons. The lowest BCUT2D eigenvalue weighted by Gasteiger charge is -2.21. The fourth-order valence-corrected chi connectivity index (χ4v) is 3.38. The molecule has 0 spiro atoms. The molecule has 1 N–H and O–H groups in total. The van der Waals surface area contributed by atoms with Gasteiger partial charge in [-0.3, -0.25) is 9.59 Å². The minimum absolute atomic E-state index is 0.0709. The van der Waals surface area contributed by atoms with Gasteiger partial charge in [0, 0.05) is 17.7 Å². The maximum atomic E-state index is 12.1. The summed E-state index contributed by atoms with van der Waals surface area (Å²) in [6.45, 7) is 1.97. The molecule has 0 bridgehead atoms. The van der Waals surface area contributed by atoms with Crippen LogP contribution in [0.25, 0.3) is 0 Å². The van der Waals surface area contributed by atoms with Crippen LogP contribution in [0.1, 0.15) is 68.6 Å². The highest BCUT2D eigenvalue weighted by Gasteiger charge is 2.16. The van der Waals surface area contributed by atoms with Crippen molar-refractivity contribution in [1.29, 1.82) is 0 Å². The first-order valence-corrected chi connectivity index (χ1v) is 9.60. The summed E-state index contributed by atoms with van der Waals surface area (Å²) in [5.41, 5.74) is 1.44. The van der Waals surface area contributed by atoms with Gasteiger partial charge < -0.3 is 5.32 Å². The van der Waals surface area contributed by atoms with Gasteiger partial charge in [-0.2, -0.15) is 0 Å². The van der Waals surface area contributed by atoms with E-state index < -0.39 is 0 Å². The van der Waals surface area contributed by atoms with Crippen molar-refractivity contribution in [2.75, 3.05) is 5.32 Å². The first kappa shape index (κ1) is 18.2. The van der Waals surface area contributed by atoms with Crippen LogP contribution in [0.5, 0.6) is 0 Å². The Labute approximate surface area is 147 Å². The third-order valence-corrected chi connectivity index (χ3v) is 5.66. The van der Waals surface area contributed by atoms with Gasteiger partial charge in [-0.25, -0.2) is 0 Å². The molecule has 1 aromatic carbocycles. The number of hydrogen-bond donors (Lipinski definition) is 1. The van der Waals surface area contributed by atoms with Gasteiger partial charge in [0.15, 0.2) is 5.78 Å². The second-order valence-electron chi connectivity index (χ2n) is 6.41. The number of carbonyl (C=O) groups excluding carboxylic acids is 2. The van der Waals surface area contributed by atoms with E-state index in [4.69, 9.17) is 0 Å². The molecule has 1 fully saturated rings. The number of anilines is 1. The first-order chi connectivity index (χ1) is 11.1. The summed E-state index contributed by atoms with van der Waals surface area (Å²) in [7, 11) is 0. The molecule has 1 amide bonds. The van der Waals surface area contributed by atoms with Crippen LogP contribution in [-0.4, -0.2) is 16.5 Å². The SMILES string of the molecule is CCC(Br)C(=O)c1ccc(NC(=O)CCC2CCCCC2)cc1. The number of rotatable bonds is 7.